The summed E-state index contributed by atoms with van der Waals surface area (Å²) in [6, 6.07) is 0. The Kier molecular flexibility index (Phi) is 2.60. The Hall–Kier alpha value is -0.680. The predicted molar refractivity (Wildman–Crippen MR) is 51.3 cm³/mol. The Labute approximate surface area is 88.0 Å². The summed E-state index contributed by atoms with van der Waals surface area (Å²) in [5, 5.41) is 18.7. The van der Waals surface area contributed by atoms with Crippen molar-refractivity contribution in [2.45, 2.75) is 57.1 Å². The van der Waals surface area contributed by atoms with Crippen molar-refractivity contribution in [2.75, 3.05) is 0 Å². The lowest BCUT2D eigenvalue weighted by Crippen LogP contribution is -2.56. The first kappa shape index (κ1) is 12.4. The van der Waals surface area contributed by atoms with Crippen LogP contribution in [-0.4, -0.2) is 39.2 Å². The fourth-order valence-corrected chi connectivity index (χ4v) is 2.28. The monoisotopic (exact) mass is 220 g/mol. The molecule has 0 aliphatic carbocycles. The minimum absolute atomic E-state index is 0.0412. The van der Waals surface area contributed by atoms with E-state index >= 15 is 0 Å². The van der Waals surface area contributed by atoms with Crippen LogP contribution >= 0.6 is 0 Å². The second-order valence-electron chi connectivity index (χ2n) is 5.17. The number of hydrogen-bond donors (Lipinski definition) is 2. The molecule has 0 saturated carbocycles. The van der Waals surface area contributed by atoms with Gasteiger partial charge in [-0.3, -0.25) is 0 Å². The van der Waals surface area contributed by atoms with Crippen LogP contribution in [0.5, 0.6) is 0 Å². The SMILES string of the molecule is CC1(C)CC(O)(C(F)C(=O)O)C(C)(C)O1. The number of carboxylic acid groups (broad SMARTS) is 1. The molecule has 1 saturated heterocycles. The highest BCUT2D eigenvalue weighted by Gasteiger charge is 2.62. The molecule has 1 heterocycles. The van der Waals surface area contributed by atoms with E-state index in [2.05, 4.69) is 0 Å². The van der Waals surface area contributed by atoms with E-state index < -0.39 is 28.9 Å². The summed E-state index contributed by atoms with van der Waals surface area (Å²) < 4.78 is 19.0. The second-order valence-corrected chi connectivity index (χ2v) is 5.17. The lowest BCUT2D eigenvalue weighted by molar-refractivity contribution is -0.175. The molecule has 4 nitrogen and oxygen atoms in total. The van der Waals surface area contributed by atoms with Gasteiger partial charge in [0.25, 0.3) is 0 Å². The van der Waals surface area contributed by atoms with Gasteiger partial charge in [-0.2, -0.15) is 0 Å². The highest BCUT2D eigenvalue weighted by molar-refractivity contribution is 5.74. The summed E-state index contributed by atoms with van der Waals surface area (Å²) in [4.78, 5) is 10.6. The Morgan fingerprint density at radius 2 is 1.87 bits per heavy atom. The molecule has 1 fully saturated rings. The average molecular weight is 220 g/mol. The van der Waals surface area contributed by atoms with Crippen LogP contribution in [0.2, 0.25) is 0 Å². The van der Waals surface area contributed by atoms with Gasteiger partial charge in [-0.05, 0) is 27.7 Å². The minimum atomic E-state index is -2.34. The standard InChI is InChI=1S/C10H17FO4/c1-8(2)5-10(14,6(11)7(12)13)9(3,4)15-8/h6,14H,5H2,1-4H3,(H,12,13). The molecule has 88 valence electrons. The first-order valence-corrected chi connectivity index (χ1v) is 4.81. The molecule has 0 aromatic rings. The van der Waals surface area contributed by atoms with Gasteiger partial charge in [-0.15, -0.1) is 0 Å². The molecule has 1 rings (SSSR count). The molecule has 1 aliphatic rings. The lowest BCUT2D eigenvalue weighted by Gasteiger charge is -2.35. The third kappa shape index (κ3) is 1.86. The molecule has 0 bridgehead atoms. The Balaban J connectivity index is 3.08. The van der Waals surface area contributed by atoms with E-state index in [0.29, 0.717) is 0 Å². The maximum Gasteiger partial charge on any atom is 0.341 e. The van der Waals surface area contributed by atoms with Gasteiger partial charge in [0.15, 0.2) is 0 Å². The van der Waals surface area contributed by atoms with Gasteiger partial charge in [0, 0.05) is 6.42 Å². The molecule has 2 N–H and O–H groups in total. The number of carboxylic acids is 1. The average Bonchev–Trinajstić information content (AvgIpc) is 2.14. The molecular formula is C10H17FO4. The van der Waals surface area contributed by atoms with Crippen molar-refractivity contribution in [2.24, 2.45) is 0 Å². The number of hydrogen-bond acceptors (Lipinski definition) is 3. The fraction of sp³-hybridized carbons (Fsp3) is 0.900. The van der Waals surface area contributed by atoms with Crippen molar-refractivity contribution < 1.29 is 24.1 Å². The Morgan fingerprint density at radius 3 is 2.13 bits per heavy atom. The van der Waals surface area contributed by atoms with Gasteiger partial charge in [-0.25, -0.2) is 9.18 Å². The van der Waals surface area contributed by atoms with E-state index in [1.54, 1.807) is 13.8 Å². The van der Waals surface area contributed by atoms with E-state index in [1.165, 1.54) is 13.8 Å². The molecule has 0 amide bonds. The normalized spacial score (nSPS) is 35.1. The summed E-state index contributed by atoms with van der Waals surface area (Å²) in [6.45, 7) is 6.39. The number of aliphatic hydroxyl groups is 1. The zero-order chi connectivity index (χ0) is 12.1. The van der Waals surface area contributed by atoms with Gasteiger partial charge in [0.2, 0.25) is 6.17 Å². The third-order valence-corrected chi connectivity index (χ3v) is 2.91. The highest BCUT2D eigenvalue weighted by atomic mass is 19.1. The summed E-state index contributed by atoms with van der Waals surface area (Å²) in [5.74, 6) is -1.66. The van der Waals surface area contributed by atoms with Crippen molar-refractivity contribution in [3.05, 3.63) is 0 Å². The molecular weight excluding hydrogens is 203 g/mol. The van der Waals surface area contributed by atoms with Crippen molar-refractivity contribution in [1.82, 2.24) is 0 Å². The van der Waals surface area contributed by atoms with E-state index in [9.17, 15) is 14.3 Å². The van der Waals surface area contributed by atoms with Gasteiger partial charge in [0.05, 0.1) is 11.2 Å². The summed E-state index contributed by atoms with van der Waals surface area (Å²) in [5.41, 5.74) is -3.92. The van der Waals surface area contributed by atoms with E-state index in [4.69, 9.17) is 9.84 Å². The van der Waals surface area contributed by atoms with Crippen molar-refractivity contribution in [1.29, 1.82) is 0 Å². The van der Waals surface area contributed by atoms with Crippen molar-refractivity contribution in [3.8, 4) is 0 Å². The van der Waals surface area contributed by atoms with Crippen LogP contribution in [0.4, 0.5) is 4.39 Å². The lowest BCUT2D eigenvalue weighted by atomic mass is 9.79. The largest absolute Gasteiger partial charge is 0.479 e. The third-order valence-electron chi connectivity index (χ3n) is 2.91. The fourth-order valence-electron chi connectivity index (χ4n) is 2.28. The van der Waals surface area contributed by atoms with Gasteiger partial charge in [0.1, 0.15) is 5.60 Å². The molecule has 2 unspecified atom stereocenters. The number of alkyl halides is 1. The number of carbonyl (C=O) groups is 1. The number of halogens is 1. The van der Waals surface area contributed by atoms with E-state index in [1.807, 2.05) is 0 Å². The second kappa shape index (κ2) is 3.15. The molecule has 1 aliphatic heterocycles. The van der Waals surface area contributed by atoms with Crippen LogP contribution in [0.15, 0.2) is 0 Å². The van der Waals surface area contributed by atoms with Gasteiger partial charge in [-0.1, -0.05) is 0 Å². The maximum atomic E-state index is 13.5. The van der Waals surface area contributed by atoms with Gasteiger partial charge >= 0.3 is 5.97 Å². The highest BCUT2D eigenvalue weighted by Crippen LogP contribution is 2.47. The summed E-state index contributed by atoms with van der Waals surface area (Å²) in [7, 11) is 0. The molecule has 0 radical (unpaired) electrons. The molecule has 0 spiro atoms. The molecule has 0 aromatic heterocycles. The first-order chi connectivity index (χ1) is 6.52. The molecule has 15 heavy (non-hydrogen) atoms. The minimum Gasteiger partial charge on any atom is -0.479 e. The van der Waals surface area contributed by atoms with Crippen molar-refractivity contribution in [3.63, 3.8) is 0 Å². The topological polar surface area (TPSA) is 66.8 Å². The maximum absolute atomic E-state index is 13.5. The zero-order valence-electron chi connectivity index (χ0n) is 9.37. The first-order valence-electron chi connectivity index (χ1n) is 4.81. The van der Waals surface area contributed by atoms with Crippen LogP contribution in [-0.2, 0) is 9.53 Å². The molecule has 5 heteroatoms. The quantitative estimate of drug-likeness (QED) is 0.731. The van der Waals surface area contributed by atoms with Crippen LogP contribution in [0, 0.1) is 0 Å². The smallest absolute Gasteiger partial charge is 0.341 e. The van der Waals surface area contributed by atoms with Crippen LogP contribution in [0.25, 0.3) is 0 Å². The predicted octanol–water partition coefficient (Wildman–Crippen LogP) is 1.12. The Bertz CT molecular complexity index is 287. The number of rotatable bonds is 2. The summed E-state index contributed by atoms with van der Waals surface area (Å²) >= 11 is 0. The molecule has 2 atom stereocenters. The van der Waals surface area contributed by atoms with Gasteiger partial charge < -0.3 is 14.9 Å². The number of ether oxygens (including phenoxy) is 1. The summed E-state index contributed by atoms with van der Waals surface area (Å²) in [6.07, 6.45) is -2.38. The van der Waals surface area contributed by atoms with Crippen LogP contribution in [0.1, 0.15) is 34.1 Å². The number of aliphatic carboxylic acids is 1. The van der Waals surface area contributed by atoms with Crippen LogP contribution in [0.3, 0.4) is 0 Å². The Morgan fingerprint density at radius 1 is 1.40 bits per heavy atom. The zero-order valence-corrected chi connectivity index (χ0v) is 9.37. The van der Waals surface area contributed by atoms with E-state index in [-0.39, 0.29) is 6.42 Å². The van der Waals surface area contributed by atoms with Crippen LogP contribution < -0.4 is 0 Å². The molecule has 0 aromatic carbocycles. The van der Waals surface area contributed by atoms with Crippen molar-refractivity contribution >= 4 is 5.97 Å². The van der Waals surface area contributed by atoms with E-state index in [0.717, 1.165) is 0 Å².